The first kappa shape index (κ1) is 33.4. The van der Waals surface area contributed by atoms with Gasteiger partial charge in [-0.3, -0.25) is 9.59 Å². The first-order chi connectivity index (χ1) is 17.4. The third kappa shape index (κ3) is 8.16. The van der Waals surface area contributed by atoms with E-state index in [0.717, 1.165) is 5.56 Å². The van der Waals surface area contributed by atoms with Gasteiger partial charge >= 0.3 is 5.97 Å². The maximum Gasteiger partial charge on any atom is 0.333 e. The van der Waals surface area contributed by atoms with Crippen molar-refractivity contribution in [3.05, 3.63) is 46.5 Å². The number of aryl methyl sites for hydroxylation is 2. The summed E-state index contributed by atoms with van der Waals surface area (Å²) in [5.41, 5.74) is 2.78. The van der Waals surface area contributed by atoms with Crippen LogP contribution in [0.25, 0.3) is 0 Å². The zero-order valence-electron chi connectivity index (χ0n) is 25.9. The highest BCUT2D eigenvalue weighted by atomic mass is 16.5. The van der Waals surface area contributed by atoms with Crippen LogP contribution in [0.2, 0.25) is 0 Å². The molecule has 0 aromatic heterocycles. The molecular weight excluding hydrogens is 478 g/mol. The number of carbonyl (C=O) groups is 3. The van der Waals surface area contributed by atoms with Crippen LogP contribution in [-0.4, -0.2) is 61.5 Å². The standard InChI is InChI=1S/C31H51N3O4/c1-14-38-29(37)22(6)18-24(19(2)3)34(13)28(36)26(30(7,8)9)33-27(35)25(32-12)31(10,11)23-16-15-20(4)21(5)17-23/h15-19,24-26,32H,14H2,1-13H3,(H,33,35)/b22-18+/t24-,25+,26-/m1/s1. The molecule has 0 aliphatic carbocycles. The zero-order chi connectivity index (χ0) is 29.6. The summed E-state index contributed by atoms with van der Waals surface area (Å²) in [6, 6.07) is 4.57. The Morgan fingerprint density at radius 3 is 2.05 bits per heavy atom. The molecule has 0 saturated heterocycles. The number of benzene rings is 1. The van der Waals surface area contributed by atoms with Crippen LogP contribution in [0.5, 0.6) is 0 Å². The highest BCUT2D eigenvalue weighted by molar-refractivity contribution is 5.92. The maximum absolute atomic E-state index is 13.9. The van der Waals surface area contributed by atoms with Gasteiger partial charge in [-0.25, -0.2) is 4.79 Å². The van der Waals surface area contributed by atoms with Gasteiger partial charge in [-0.15, -0.1) is 0 Å². The van der Waals surface area contributed by atoms with Crippen LogP contribution in [0.3, 0.4) is 0 Å². The molecule has 2 amide bonds. The van der Waals surface area contributed by atoms with E-state index < -0.39 is 28.9 Å². The lowest BCUT2D eigenvalue weighted by atomic mass is 9.76. The molecule has 1 aromatic carbocycles. The third-order valence-electron chi connectivity index (χ3n) is 7.42. The fourth-order valence-corrected chi connectivity index (χ4v) is 4.67. The van der Waals surface area contributed by atoms with Gasteiger partial charge in [0.15, 0.2) is 0 Å². The van der Waals surface area contributed by atoms with Crippen molar-refractivity contribution in [2.24, 2.45) is 11.3 Å². The molecule has 7 heteroatoms. The molecule has 0 unspecified atom stereocenters. The van der Waals surface area contributed by atoms with Crippen LogP contribution in [0.4, 0.5) is 0 Å². The summed E-state index contributed by atoms with van der Waals surface area (Å²) in [6.45, 7) is 21.8. The number of likely N-dealkylation sites (N-methyl/N-ethyl adjacent to an activating group) is 2. The smallest absolute Gasteiger partial charge is 0.333 e. The molecule has 0 fully saturated rings. The maximum atomic E-state index is 13.9. The van der Waals surface area contributed by atoms with Crippen LogP contribution < -0.4 is 10.6 Å². The van der Waals surface area contributed by atoms with Crippen molar-refractivity contribution in [1.82, 2.24) is 15.5 Å². The molecule has 2 N–H and O–H groups in total. The van der Waals surface area contributed by atoms with Gasteiger partial charge in [0, 0.05) is 18.0 Å². The minimum atomic E-state index is -0.774. The average molecular weight is 530 g/mol. The lowest BCUT2D eigenvalue weighted by molar-refractivity contribution is -0.141. The number of nitrogens with zero attached hydrogens (tertiary/aromatic N) is 1. The summed E-state index contributed by atoms with van der Waals surface area (Å²) in [4.78, 5) is 41.5. The molecule has 1 rings (SSSR count). The van der Waals surface area contributed by atoms with E-state index in [1.807, 2.05) is 48.5 Å². The molecule has 38 heavy (non-hydrogen) atoms. The van der Waals surface area contributed by atoms with E-state index in [0.29, 0.717) is 5.57 Å². The van der Waals surface area contributed by atoms with Crippen LogP contribution in [0, 0.1) is 25.2 Å². The van der Waals surface area contributed by atoms with Crippen molar-refractivity contribution in [2.45, 2.75) is 99.7 Å². The largest absolute Gasteiger partial charge is 0.463 e. The number of nitrogens with one attached hydrogen (secondary N) is 2. The van der Waals surface area contributed by atoms with E-state index in [1.165, 1.54) is 11.1 Å². The Kier molecular flexibility index (Phi) is 11.8. The van der Waals surface area contributed by atoms with Crippen molar-refractivity contribution < 1.29 is 19.1 Å². The third-order valence-corrected chi connectivity index (χ3v) is 7.42. The van der Waals surface area contributed by atoms with E-state index in [9.17, 15) is 14.4 Å². The molecule has 0 radical (unpaired) electrons. The van der Waals surface area contributed by atoms with E-state index in [4.69, 9.17) is 4.74 Å². The molecule has 0 aliphatic rings. The Hall–Kier alpha value is -2.67. The molecule has 7 nitrogen and oxygen atoms in total. The van der Waals surface area contributed by atoms with E-state index in [1.54, 1.807) is 38.9 Å². The molecule has 1 aromatic rings. The first-order valence-corrected chi connectivity index (χ1v) is 13.6. The molecule has 0 bridgehead atoms. The Bertz CT molecular complexity index is 1020. The minimum Gasteiger partial charge on any atom is -0.463 e. The number of amides is 2. The molecule has 0 aliphatic heterocycles. The Morgan fingerprint density at radius 2 is 1.61 bits per heavy atom. The van der Waals surface area contributed by atoms with Crippen molar-refractivity contribution in [3.8, 4) is 0 Å². The summed E-state index contributed by atoms with van der Waals surface area (Å²) < 4.78 is 5.13. The normalized spacial score (nSPS) is 15.1. The fourth-order valence-electron chi connectivity index (χ4n) is 4.67. The Morgan fingerprint density at radius 1 is 1.03 bits per heavy atom. The lowest BCUT2D eigenvalue weighted by Crippen LogP contribution is -2.61. The summed E-state index contributed by atoms with van der Waals surface area (Å²) in [6.07, 6.45) is 1.78. The van der Waals surface area contributed by atoms with Crippen LogP contribution in [0.1, 0.15) is 79.0 Å². The highest BCUT2D eigenvalue weighted by Gasteiger charge is 2.41. The van der Waals surface area contributed by atoms with E-state index in [2.05, 4.69) is 42.7 Å². The molecule has 0 spiro atoms. The van der Waals surface area contributed by atoms with Gasteiger partial charge in [-0.1, -0.05) is 72.7 Å². The van der Waals surface area contributed by atoms with Crippen LogP contribution in [0.15, 0.2) is 29.8 Å². The SMILES string of the molecule is CCOC(=O)/C(C)=C/[C@H](C(C)C)N(C)C(=O)[C@@H](NC(=O)[C@H](NC)C(C)(C)c1ccc(C)c(C)c1)C(C)(C)C. The Labute approximate surface area is 230 Å². The van der Waals surface area contributed by atoms with Gasteiger partial charge in [-0.05, 0) is 62.8 Å². The lowest BCUT2D eigenvalue weighted by Gasteiger charge is -2.40. The quantitative estimate of drug-likeness (QED) is 0.321. The Balaban J connectivity index is 3.34. The van der Waals surface area contributed by atoms with Crippen molar-refractivity contribution in [2.75, 3.05) is 20.7 Å². The molecule has 214 valence electrons. The van der Waals surface area contributed by atoms with Crippen molar-refractivity contribution in [3.63, 3.8) is 0 Å². The predicted octanol–water partition coefficient (Wildman–Crippen LogP) is 4.69. The van der Waals surface area contributed by atoms with Gasteiger partial charge in [-0.2, -0.15) is 0 Å². The van der Waals surface area contributed by atoms with Gasteiger partial charge < -0.3 is 20.3 Å². The topological polar surface area (TPSA) is 87.7 Å². The highest BCUT2D eigenvalue weighted by Crippen LogP contribution is 2.30. The summed E-state index contributed by atoms with van der Waals surface area (Å²) in [5, 5.41) is 6.27. The fraction of sp³-hybridized carbons (Fsp3) is 0.645. The monoisotopic (exact) mass is 529 g/mol. The van der Waals surface area contributed by atoms with E-state index in [-0.39, 0.29) is 30.4 Å². The van der Waals surface area contributed by atoms with Gasteiger partial charge in [0.1, 0.15) is 6.04 Å². The molecule has 0 saturated carbocycles. The number of hydrogen-bond acceptors (Lipinski definition) is 5. The second-order valence-electron chi connectivity index (χ2n) is 12.3. The molecular formula is C31H51N3O4. The minimum absolute atomic E-state index is 0.0402. The number of hydrogen-bond donors (Lipinski definition) is 2. The molecule has 3 atom stereocenters. The van der Waals surface area contributed by atoms with Crippen LogP contribution >= 0.6 is 0 Å². The zero-order valence-corrected chi connectivity index (χ0v) is 25.9. The number of esters is 1. The second-order valence-corrected chi connectivity index (χ2v) is 12.3. The average Bonchev–Trinajstić information content (AvgIpc) is 2.81. The van der Waals surface area contributed by atoms with Crippen LogP contribution in [-0.2, 0) is 24.5 Å². The number of rotatable bonds is 11. The van der Waals surface area contributed by atoms with E-state index >= 15 is 0 Å². The number of carbonyl (C=O) groups excluding carboxylic acids is 3. The van der Waals surface area contributed by atoms with Gasteiger partial charge in [0.25, 0.3) is 0 Å². The second kappa shape index (κ2) is 13.4. The first-order valence-electron chi connectivity index (χ1n) is 13.6. The van der Waals surface area contributed by atoms with Gasteiger partial charge in [0.2, 0.25) is 11.8 Å². The summed E-state index contributed by atoms with van der Waals surface area (Å²) in [7, 11) is 3.49. The van der Waals surface area contributed by atoms with Gasteiger partial charge in [0.05, 0.1) is 18.7 Å². The van der Waals surface area contributed by atoms with Crippen molar-refractivity contribution >= 4 is 17.8 Å². The molecule has 0 heterocycles. The summed E-state index contributed by atoms with van der Waals surface area (Å²) >= 11 is 0. The van der Waals surface area contributed by atoms with Crippen molar-refractivity contribution in [1.29, 1.82) is 0 Å². The predicted molar refractivity (Wildman–Crippen MR) is 155 cm³/mol. The summed E-state index contributed by atoms with van der Waals surface area (Å²) in [5.74, 6) is -0.809. The number of ether oxygens (including phenoxy) is 1.